The van der Waals surface area contributed by atoms with Crippen molar-refractivity contribution in [2.24, 2.45) is 11.3 Å². The number of anilines is 1. The zero-order chi connectivity index (χ0) is 15.7. The van der Waals surface area contributed by atoms with Crippen LogP contribution in [0.15, 0.2) is 18.3 Å². The normalized spacial score (nSPS) is 18.1. The molecule has 2 rings (SSSR count). The lowest BCUT2D eigenvalue weighted by atomic mass is 9.80. The molecule has 0 unspecified atom stereocenters. The Bertz CT molecular complexity index is 440. The zero-order valence-electron chi connectivity index (χ0n) is 14.7. The Hall–Kier alpha value is -1.05. The van der Waals surface area contributed by atoms with Crippen LogP contribution in [0, 0.1) is 11.3 Å². The van der Waals surface area contributed by atoms with Gasteiger partial charge in [0.2, 0.25) is 0 Å². The van der Waals surface area contributed by atoms with Crippen molar-refractivity contribution in [3.05, 3.63) is 24.0 Å². The number of piperidine rings is 1. The van der Waals surface area contributed by atoms with Crippen LogP contribution in [0.2, 0.25) is 0 Å². The van der Waals surface area contributed by atoms with E-state index >= 15 is 0 Å². The van der Waals surface area contributed by atoms with Crippen LogP contribution < -0.4 is 4.90 Å². The summed E-state index contributed by atoms with van der Waals surface area (Å²) in [6.45, 7) is 16.1. The molecule has 2 nitrogen and oxygen atoms in total. The van der Waals surface area contributed by atoms with Gasteiger partial charge >= 0.3 is 0 Å². The number of hydrogen-bond acceptors (Lipinski definition) is 2. The molecule has 1 saturated heterocycles. The Morgan fingerprint density at radius 3 is 2.10 bits per heavy atom. The minimum absolute atomic E-state index is 0.137. The fraction of sp³-hybridized carbons (Fsp3) is 0.737. The van der Waals surface area contributed by atoms with Gasteiger partial charge in [-0.1, -0.05) is 41.5 Å². The molecule has 118 valence electrons. The first-order chi connectivity index (χ1) is 9.65. The van der Waals surface area contributed by atoms with E-state index in [0.717, 1.165) is 5.92 Å². The van der Waals surface area contributed by atoms with Crippen LogP contribution in [0.1, 0.15) is 66.5 Å². The van der Waals surface area contributed by atoms with Gasteiger partial charge in [0, 0.05) is 24.2 Å². The van der Waals surface area contributed by atoms with Crippen LogP contribution in [-0.2, 0) is 5.41 Å². The van der Waals surface area contributed by atoms with Crippen molar-refractivity contribution in [1.29, 1.82) is 0 Å². The highest BCUT2D eigenvalue weighted by atomic mass is 15.1. The summed E-state index contributed by atoms with van der Waals surface area (Å²) in [6.07, 6.45) is 6.04. The molecule has 0 saturated carbocycles. The van der Waals surface area contributed by atoms with Crippen LogP contribution >= 0.6 is 0 Å². The minimum Gasteiger partial charge on any atom is -0.370 e. The van der Waals surface area contributed by atoms with Crippen LogP contribution in [-0.4, -0.2) is 18.1 Å². The van der Waals surface area contributed by atoms with E-state index in [9.17, 15) is 0 Å². The van der Waals surface area contributed by atoms with Crippen molar-refractivity contribution in [1.82, 2.24) is 4.98 Å². The molecule has 0 spiro atoms. The molecule has 1 fully saturated rings. The highest BCUT2D eigenvalue weighted by Crippen LogP contribution is 2.32. The molecule has 0 aromatic carbocycles. The summed E-state index contributed by atoms with van der Waals surface area (Å²) in [4.78, 5) is 7.16. The average molecular weight is 288 g/mol. The largest absolute Gasteiger partial charge is 0.370 e. The third-order valence-electron chi connectivity index (χ3n) is 4.40. The maximum Gasteiger partial charge on any atom is 0.0552 e. The Labute approximate surface area is 131 Å². The Morgan fingerprint density at radius 1 is 1.05 bits per heavy atom. The minimum atomic E-state index is 0.137. The standard InChI is InChI=1S/C19H32N2/c1-18(2,3)13-15-9-11-21(12-10-15)16-7-8-17(20-14-16)19(4,5)6/h7-8,14-15H,9-13H2,1-6H3. The van der Waals surface area contributed by atoms with Gasteiger partial charge in [-0.15, -0.1) is 0 Å². The maximum atomic E-state index is 4.66. The molecule has 21 heavy (non-hydrogen) atoms. The van der Waals surface area contributed by atoms with Gasteiger partial charge in [0.1, 0.15) is 0 Å². The van der Waals surface area contributed by atoms with E-state index in [1.54, 1.807) is 0 Å². The van der Waals surface area contributed by atoms with E-state index in [0.29, 0.717) is 5.41 Å². The molecule has 1 aromatic heterocycles. The second kappa shape index (κ2) is 5.98. The monoisotopic (exact) mass is 288 g/mol. The Morgan fingerprint density at radius 2 is 1.67 bits per heavy atom. The second-order valence-electron chi connectivity index (χ2n) is 8.85. The lowest BCUT2D eigenvalue weighted by molar-refractivity contribution is 0.258. The summed E-state index contributed by atoms with van der Waals surface area (Å²) < 4.78 is 0. The molecule has 0 amide bonds. The van der Waals surface area contributed by atoms with Crippen molar-refractivity contribution in [2.75, 3.05) is 18.0 Å². The first kappa shape index (κ1) is 16.3. The fourth-order valence-electron chi connectivity index (χ4n) is 3.28. The van der Waals surface area contributed by atoms with E-state index < -0.39 is 0 Å². The van der Waals surface area contributed by atoms with E-state index in [1.807, 2.05) is 0 Å². The highest BCUT2D eigenvalue weighted by Gasteiger charge is 2.24. The number of pyridine rings is 1. The molecule has 2 heterocycles. The third kappa shape index (κ3) is 4.72. The SMILES string of the molecule is CC(C)(C)CC1CCN(c2ccc(C(C)(C)C)nc2)CC1. The van der Waals surface area contributed by atoms with Crippen LogP contribution in [0.3, 0.4) is 0 Å². The van der Waals surface area contributed by atoms with Gasteiger partial charge in [-0.25, -0.2) is 0 Å². The quantitative estimate of drug-likeness (QED) is 0.758. The summed E-state index contributed by atoms with van der Waals surface area (Å²) in [5.74, 6) is 0.892. The summed E-state index contributed by atoms with van der Waals surface area (Å²) in [5, 5.41) is 0. The lowest BCUT2D eigenvalue weighted by Crippen LogP contribution is -2.35. The average Bonchev–Trinajstić information content (AvgIpc) is 2.37. The molecular weight excluding hydrogens is 256 g/mol. The molecule has 1 aliphatic heterocycles. The van der Waals surface area contributed by atoms with Crippen molar-refractivity contribution < 1.29 is 0 Å². The van der Waals surface area contributed by atoms with E-state index in [1.165, 1.54) is 43.7 Å². The lowest BCUT2D eigenvalue weighted by Gasteiger charge is -2.36. The summed E-state index contributed by atoms with van der Waals surface area (Å²) >= 11 is 0. The van der Waals surface area contributed by atoms with Crippen LogP contribution in [0.25, 0.3) is 0 Å². The predicted octanol–water partition coefficient (Wildman–Crippen LogP) is 5.03. The maximum absolute atomic E-state index is 4.66. The van der Waals surface area contributed by atoms with Gasteiger partial charge < -0.3 is 4.90 Å². The number of rotatable bonds is 2. The van der Waals surface area contributed by atoms with Gasteiger partial charge in [-0.3, -0.25) is 4.98 Å². The van der Waals surface area contributed by atoms with Gasteiger partial charge in [0.25, 0.3) is 0 Å². The Balaban J connectivity index is 1.93. The predicted molar refractivity (Wildman–Crippen MR) is 91.9 cm³/mol. The van der Waals surface area contributed by atoms with E-state index in [4.69, 9.17) is 0 Å². The first-order valence-corrected chi connectivity index (χ1v) is 8.37. The molecule has 1 aliphatic rings. The molecule has 2 heteroatoms. The Kier molecular flexibility index (Phi) is 4.65. The zero-order valence-corrected chi connectivity index (χ0v) is 14.7. The third-order valence-corrected chi connectivity index (χ3v) is 4.40. The second-order valence-corrected chi connectivity index (χ2v) is 8.85. The van der Waals surface area contributed by atoms with Crippen molar-refractivity contribution in [3.63, 3.8) is 0 Å². The van der Waals surface area contributed by atoms with Crippen molar-refractivity contribution >= 4 is 5.69 Å². The van der Waals surface area contributed by atoms with E-state index in [-0.39, 0.29) is 5.41 Å². The molecule has 0 N–H and O–H groups in total. The molecule has 0 atom stereocenters. The van der Waals surface area contributed by atoms with Gasteiger partial charge in [0.05, 0.1) is 11.9 Å². The molecular formula is C19H32N2. The van der Waals surface area contributed by atoms with Gasteiger partial charge in [-0.2, -0.15) is 0 Å². The smallest absolute Gasteiger partial charge is 0.0552 e. The van der Waals surface area contributed by atoms with Gasteiger partial charge in [-0.05, 0) is 42.7 Å². The fourth-order valence-corrected chi connectivity index (χ4v) is 3.28. The summed E-state index contributed by atoms with van der Waals surface area (Å²) in [6, 6.07) is 4.44. The molecule has 1 aromatic rings. The summed E-state index contributed by atoms with van der Waals surface area (Å²) in [5.41, 5.74) is 3.06. The van der Waals surface area contributed by atoms with Crippen molar-refractivity contribution in [3.8, 4) is 0 Å². The summed E-state index contributed by atoms with van der Waals surface area (Å²) in [7, 11) is 0. The highest BCUT2D eigenvalue weighted by molar-refractivity contribution is 5.45. The van der Waals surface area contributed by atoms with Gasteiger partial charge in [0.15, 0.2) is 0 Å². The number of aromatic nitrogens is 1. The number of nitrogens with zero attached hydrogens (tertiary/aromatic N) is 2. The van der Waals surface area contributed by atoms with E-state index in [2.05, 4.69) is 69.8 Å². The van der Waals surface area contributed by atoms with Crippen molar-refractivity contribution in [2.45, 2.75) is 66.2 Å². The van der Waals surface area contributed by atoms with Crippen LogP contribution in [0.4, 0.5) is 5.69 Å². The first-order valence-electron chi connectivity index (χ1n) is 8.37. The molecule has 0 bridgehead atoms. The molecule has 0 aliphatic carbocycles. The number of hydrogen-bond donors (Lipinski definition) is 0. The molecule has 0 radical (unpaired) electrons. The van der Waals surface area contributed by atoms with Crippen LogP contribution in [0.5, 0.6) is 0 Å². The topological polar surface area (TPSA) is 16.1 Å².